The van der Waals surface area contributed by atoms with E-state index in [-0.39, 0.29) is 127 Å². The molecule has 0 bridgehead atoms. The van der Waals surface area contributed by atoms with Gasteiger partial charge in [-0.1, -0.05) is 71.9 Å². The number of urea groups is 1. The fourth-order valence-electron chi connectivity index (χ4n) is 16.1. The number of phenols is 1. The van der Waals surface area contributed by atoms with Crippen LogP contribution in [0, 0.1) is 53.3 Å². The minimum absolute atomic E-state index is 0.0127. The average Bonchev–Trinajstić information content (AvgIpc) is 1.66. The van der Waals surface area contributed by atoms with Crippen molar-refractivity contribution in [2.24, 2.45) is 76.2 Å². The zero-order chi connectivity index (χ0) is 105. The second-order valence-electron chi connectivity index (χ2n) is 36.6. The first-order chi connectivity index (χ1) is 66.4. The summed E-state index contributed by atoms with van der Waals surface area (Å²) in [6, 6.07) is -1.96. The number of ether oxygens (including phenoxy) is 5. The largest absolute Gasteiger partial charge is 0.508 e. The van der Waals surface area contributed by atoms with Gasteiger partial charge in [0.1, 0.15) is 29.1 Å². The molecule has 140 heavy (non-hydrogen) atoms. The minimum atomic E-state index is -1.75. The molecule has 1 saturated carbocycles. The van der Waals surface area contributed by atoms with Crippen LogP contribution in [-0.4, -0.2) is 295 Å². The molecule has 44 heteroatoms. The lowest BCUT2D eigenvalue weighted by atomic mass is 9.88. The number of rotatable bonds is 83. The zero-order valence-corrected chi connectivity index (χ0v) is 82.0. The van der Waals surface area contributed by atoms with Gasteiger partial charge in [-0.3, -0.25) is 91.1 Å². The number of aliphatic hydroxyl groups excluding tert-OH is 3. The molecule has 2 aliphatic rings. The first-order valence-corrected chi connectivity index (χ1v) is 48.6. The normalized spacial score (nSPS) is 17.0. The highest BCUT2D eigenvalue weighted by Crippen LogP contribution is 2.33. The molecule has 0 aromatic heterocycles. The molecule has 22 N–H and O–H groups in total. The van der Waals surface area contributed by atoms with Crippen LogP contribution in [0.5, 0.6) is 5.75 Å². The van der Waals surface area contributed by atoms with Crippen LogP contribution in [0.15, 0.2) is 24.3 Å². The number of fused-ring (bicyclic) bond motifs is 1. The van der Waals surface area contributed by atoms with Crippen molar-refractivity contribution in [1.82, 2.24) is 47.9 Å². The minimum Gasteiger partial charge on any atom is -0.508 e. The Morgan fingerprint density at radius 1 is 0.443 bits per heavy atom. The average molecular weight is 1990 g/mol. The molecule has 1 aliphatic heterocycles. The van der Waals surface area contributed by atoms with E-state index in [1.54, 1.807) is 0 Å². The third-order valence-electron chi connectivity index (χ3n) is 24.7. The van der Waals surface area contributed by atoms with Gasteiger partial charge in [0.05, 0.1) is 146 Å². The standard InChI is InChI=1S/C96H153N13O31/c1-8-9-10-17-72(80(119)46-58(4)90(129)106-76(53-85(99)124)83(122)52-71(61(7)113)94(133)105-74(28-30-87(126)127)79(118)45-57(3)89(100)128)103-93(132)66(47-62-20-24-67(114)25-21-62)48-69(116)54-102-91(130)65(23-29-84(98)123)50-81(120)73(26-19-59(5)111)104-92(131)64(16-13-14-32-97)49-82(121)77(55-110)107-95(134)70(60(6)112)51-78(117)56(2)44-68(115)31-34-136-36-38-138-40-42-140-43-41-139-39-37-137-35-33-101-86(125)18-12-11-15-63-22-27-75-88(63)109-96(135)108-75/h20-21,24-25,56-58,60-61,63-66,70-77,88,110,112-114H,8-19,22-23,26-55,97H2,1-7H3,(H2,98,123)(H2,99,124)(H2,100,128)(H,101,125)(H,102,130)(H,103,132)(H,104,131)(H,105,133)(H,106,129)(H,107,134)(H,126,127)(H2,108,109,135)/t56-,57+,58+,60-,61+,63+,64+,65+,66+,70?,71?,72+,73+,74+,75+,76-,77+,88-/m0/s1. The zero-order valence-electron chi connectivity index (χ0n) is 82.0. The van der Waals surface area contributed by atoms with Crippen LogP contribution in [0.2, 0.25) is 0 Å². The molecule has 0 spiro atoms. The van der Waals surface area contributed by atoms with E-state index < -0.39 is 285 Å². The number of aromatic hydroxyl groups is 1. The van der Waals surface area contributed by atoms with Crippen LogP contribution in [0.3, 0.4) is 0 Å². The topological polar surface area (TPSA) is 718 Å². The number of carbonyl (C=O) groups excluding carboxylic acids is 20. The van der Waals surface area contributed by atoms with Crippen LogP contribution in [0.1, 0.15) is 240 Å². The van der Waals surface area contributed by atoms with Crippen molar-refractivity contribution in [2.75, 3.05) is 92.3 Å². The second-order valence-corrected chi connectivity index (χ2v) is 36.6. The summed E-state index contributed by atoms with van der Waals surface area (Å²) in [6.07, 6.45) is -4.29. The van der Waals surface area contributed by atoms with Gasteiger partial charge in [-0.05, 0) is 122 Å². The number of carboxylic acids is 1. The molecule has 1 aromatic rings. The SMILES string of the molecule is CCCCC[C@@H](NC(=O)[C@@H](CC(=O)CNC(=O)[C@H](CCC(N)=O)CC(=O)[C@@H](CCC(C)=O)NC(=O)[C@H](CCCCN)CC(=O)[C@@H](CO)NC(=O)C(CC(=O)[C@@H](C)CC(=O)CCOCCOCCOCCOCCOCCNC(=O)CCCC[C@@H]1CC[C@H]2NC(=O)N[C@@H]12)[C@H](C)O)Cc1ccc(O)cc1)C(=O)C[C@@H](C)C(=O)N[C@@H](CC(N)=O)C(=O)CC(C(=O)N[C@H](CCC(=O)O)C(=O)C[C@@H](C)C(N)=O)[C@@H](C)O. The van der Waals surface area contributed by atoms with Gasteiger partial charge in [0.2, 0.25) is 59.1 Å². The number of nitrogens with one attached hydrogen (secondary N) is 9. The smallest absolute Gasteiger partial charge is 0.315 e. The van der Waals surface area contributed by atoms with Gasteiger partial charge in [0.15, 0.2) is 34.7 Å². The fraction of sp³-hybridized carbons (Fsp3) is 0.719. The highest BCUT2D eigenvalue weighted by molar-refractivity contribution is 6.01. The number of carbonyl (C=O) groups is 21. The Morgan fingerprint density at radius 3 is 1.49 bits per heavy atom. The van der Waals surface area contributed by atoms with E-state index >= 15 is 0 Å². The lowest BCUT2D eigenvalue weighted by Crippen LogP contribution is -2.50. The molecule has 44 nitrogen and oxygen atoms in total. The van der Waals surface area contributed by atoms with Crippen molar-refractivity contribution in [3.63, 3.8) is 0 Å². The second kappa shape index (κ2) is 68.3. The third kappa shape index (κ3) is 50.5. The van der Waals surface area contributed by atoms with E-state index in [0.717, 1.165) is 39.0 Å². The number of phenolic OH excluding ortho intramolecular Hbond substituents is 1. The first-order valence-electron chi connectivity index (χ1n) is 48.6. The Morgan fingerprint density at radius 2 is 0.943 bits per heavy atom. The van der Waals surface area contributed by atoms with E-state index in [2.05, 4.69) is 47.9 Å². The predicted molar refractivity (Wildman–Crippen MR) is 504 cm³/mol. The Kier molecular flexibility index (Phi) is 60.1. The fourth-order valence-corrected chi connectivity index (χ4v) is 16.1. The Hall–Kier alpha value is -10.9. The molecule has 0 radical (unpaired) electrons. The number of primary amides is 3. The highest BCUT2D eigenvalue weighted by atomic mass is 16.6. The number of Topliss-reactive ketones (excluding diaryl/α,β-unsaturated/α-hetero) is 9. The highest BCUT2D eigenvalue weighted by Gasteiger charge is 2.43. The number of amides is 12. The number of benzene rings is 1. The molecule has 12 amide bonds. The monoisotopic (exact) mass is 1980 g/mol. The summed E-state index contributed by atoms with van der Waals surface area (Å²) in [7, 11) is 0. The molecule has 1 aliphatic carbocycles. The van der Waals surface area contributed by atoms with Gasteiger partial charge in [-0.2, -0.15) is 0 Å². The van der Waals surface area contributed by atoms with Gasteiger partial charge in [-0.15, -0.1) is 0 Å². The molecule has 1 aromatic carbocycles. The van der Waals surface area contributed by atoms with Crippen LogP contribution in [0.25, 0.3) is 0 Å². The molecule has 2 fully saturated rings. The summed E-state index contributed by atoms with van der Waals surface area (Å²) >= 11 is 0. The van der Waals surface area contributed by atoms with Crippen LogP contribution in [0.4, 0.5) is 4.79 Å². The van der Waals surface area contributed by atoms with Gasteiger partial charge >= 0.3 is 12.0 Å². The number of aliphatic carboxylic acids is 1. The maximum absolute atomic E-state index is 14.6. The van der Waals surface area contributed by atoms with E-state index in [4.69, 9.17) is 46.6 Å². The van der Waals surface area contributed by atoms with Gasteiger partial charge in [0, 0.05) is 126 Å². The quantitative estimate of drug-likeness (QED) is 0.0384. The van der Waals surface area contributed by atoms with Crippen molar-refractivity contribution in [3.8, 4) is 5.75 Å². The molecule has 1 heterocycles. The van der Waals surface area contributed by atoms with Gasteiger partial charge in [0.25, 0.3) is 0 Å². The maximum Gasteiger partial charge on any atom is 0.315 e. The summed E-state index contributed by atoms with van der Waals surface area (Å²) in [5.74, 6) is -26.5. The summed E-state index contributed by atoms with van der Waals surface area (Å²) < 4.78 is 27.6. The van der Waals surface area contributed by atoms with Crippen LogP contribution < -0.4 is 70.8 Å². The lowest BCUT2D eigenvalue weighted by Gasteiger charge is -2.26. The number of ketones is 9. The summed E-state index contributed by atoms with van der Waals surface area (Å²) in [6.45, 7) is 10.9. The van der Waals surface area contributed by atoms with E-state index in [9.17, 15) is 126 Å². The number of carboxylic acid groups (broad SMARTS) is 1. The molecule has 3 rings (SSSR count). The Labute approximate surface area is 817 Å². The van der Waals surface area contributed by atoms with E-state index in [1.807, 2.05) is 6.92 Å². The van der Waals surface area contributed by atoms with Crippen molar-refractivity contribution in [2.45, 2.75) is 296 Å². The number of aliphatic hydroxyl groups is 3. The molecule has 18 atom stereocenters. The number of hydrogen-bond donors (Lipinski definition) is 18. The predicted octanol–water partition coefficient (Wildman–Crippen LogP) is 0.0709. The summed E-state index contributed by atoms with van der Waals surface area (Å²) in [5.41, 5.74) is 22.5. The molecule has 1 saturated heterocycles. The molecule has 2 unspecified atom stereocenters. The Bertz CT molecular complexity index is 4210. The van der Waals surface area contributed by atoms with Crippen LogP contribution in [-0.2, 0) is 126 Å². The molecular formula is C96H153N13O31. The van der Waals surface area contributed by atoms with Crippen molar-refractivity contribution in [1.29, 1.82) is 0 Å². The third-order valence-corrected chi connectivity index (χ3v) is 24.7. The van der Waals surface area contributed by atoms with Crippen molar-refractivity contribution >= 4 is 123 Å². The number of unbranched alkanes of at least 4 members (excludes halogenated alkanes) is 4. The molecular weight excluding hydrogens is 1830 g/mol. The van der Waals surface area contributed by atoms with E-state index in [0.29, 0.717) is 83.2 Å². The number of nitrogens with two attached hydrogens (primary N) is 4. The van der Waals surface area contributed by atoms with Crippen molar-refractivity contribution < 1.29 is 150 Å². The number of hydrogen-bond acceptors (Lipinski definition) is 31. The van der Waals surface area contributed by atoms with Gasteiger partial charge in [-0.25, -0.2) is 4.79 Å². The summed E-state index contributed by atoms with van der Waals surface area (Å²) in [5, 5.41) is 75.2. The maximum atomic E-state index is 14.6. The Balaban J connectivity index is 1.61. The van der Waals surface area contributed by atoms with Crippen LogP contribution >= 0.6 is 0 Å². The summed E-state index contributed by atoms with van der Waals surface area (Å²) in [4.78, 5) is 280. The first kappa shape index (κ1) is 123. The van der Waals surface area contributed by atoms with E-state index in [1.165, 1.54) is 58.9 Å². The lowest BCUT2D eigenvalue weighted by molar-refractivity contribution is -0.139. The van der Waals surface area contributed by atoms with Gasteiger partial charge < -0.3 is 125 Å². The molecule has 788 valence electrons. The van der Waals surface area contributed by atoms with Crippen molar-refractivity contribution in [3.05, 3.63) is 29.8 Å².